The van der Waals surface area contributed by atoms with E-state index in [9.17, 15) is 4.79 Å². The second-order valence-electron chi connectivity index (χ2n) is 6.03. The zero-order valence-electron chi connectivity index (χ0n) is 13.4. The van der Waals surface area contributed by atoms with Gasteiger partial charge in [-0.3, -0.25) is 4.79 Å². The predicted molar refractivity (Wildman–Crippen MR) is 95.3 cm³/mol. The van der Waals surface area contributed by atoms with Gasteiger partial charge in [0.05, 0.1) is 5.56 Å². The van der Waals surface area contributed by atoms with Gasteiger partial charge >= 0.3 is 0 Å². The summed E-state index contributed by atoms with van der Waals surface area (Å²) in [5.74, 6) is 0.906. The van der Waals surface area contributed by atoms with Crippen molar-refractivity contribution in [2.75, 3.05) is 6.54 Å². The van der Waals surface area contributed by atoms with Gasteiger partial charge in [-0.1, -0.05) is 41.9 Å². The first kappa shape index (κ1) is 16.8. The molecule has 1 fully saturated rings. The van der Waals surface area contributed by atoms with E-state index in [1.807, 2.05) is 36.4 Å². The summed E-state index contributed by atoms with van der Waals surface area (Å²) in [4.78, 5) is 12.6. The molecule has 0 saturated heterocycles. The monoisotopic (exact) mass is 344 g/mol. The topological polar surface area (TPSA) is 64.3 Å². The number of para-hydroxylation sites is 1. The Balaban J connectivity index is 1.70. The normalized spacial score (nSPS) is 14.9. The van der Waals surface area contributed by atoms with Crippen LogP contribution in [-0.4, -0.2) is 18.5 Å². The molecule has 1 aliphatic rings. The molecule has 1 aliphatic carbocycles. The Morgan fingerprint density at radius 1 is 1.21 bits per heavy atom. The van der Waals surface area contributed by atoms with E-state index in [4.69, 9.17) is 22.1 Å². The summed E-state index contributed by atoms with van der Waals surface area (Å²) in [5, 5.41) is 3.67. The fourth-order valence-corrected chi connectivity index (χ4v) is 2.86. The largest absolute Gasteiger partial charge is 0.488 e. The van der Waals surface area contributed by atoms with Gasteiger partial charge in [-0.25, -0.2) is 0 Å². The molecule has 2 aromatic rings. The van der Waals surface area contributed by atoms with E-state index >= 15 is 0 Å². The van der Waals surface area contributed by atoms with Crippen LogP contribution in [0.3, 0.4) is 0 Å². The second kappa shape index (κ2) is 7.69. The van der Waals surface area contributed by atoms with Crippen LogP contribution in [0.1, 0.15) is 28.8 Å². The third-order valence-corrected chi connectivity index (χ3v) is 4.60. The fourth-order valence-electron chi connectivity index (χ4n) is 2.67. The lowest BCUT2D eigenvalue weighted by molar-refractivity contribution is 0.0929. The summed E-state index contributed by atoms with van der Waals surface area (Å²) in [6.45, 7) is 0.770. The van der Waals surface area contributed by atoms with E-state index in [0.717, 1.165) is 18.4 Å². The summed E-state index contributed by atoms with van der Waals surface area (Å²) in [5.41, 5.74) is 7.17. The van der Waals surface area contributed by atoms with Crippen molar-refractivity contribution < 1.29 is 9.53 Å². The molecule has 0 aromatic heterocycles. The van der Waals surface area contributed by atoms with Crippen molar-refractivity contribution in [3.63, 3.8) is 0 Å². The third kappa shape index (κ3) is 4.08. The average Bonchev–Trinajstić information content (AvgIpc) is 3.44. The zero-order valence-corrected chi connectivity index (χ0v) is 14.1. The van der Waals surface area contributed by atoms with E-state index in [0.29, 0.717) is 35.4 Å². The number of benzene rings is 2. The molecule has 0 bridgehead atoms. The number of nitrogens with one attached hydrogen (secondary N) is 1. The average molecular weight is 345 g/mol. The van der Waals surface area contributed by atoms with Crippen molar-refractivity contribution in [3.8, 4) is 5.75 Å². The number of hydrogen-bond donors (Lipinski definition) is 2. The number of carbonyl (C=O) groups excluding carboxylic acids is 1. The van der Waals surface area contributed by atoms with Crippen molar-refractivity contribution >= 4 is 17.5 Å². The highest BCUT2D eigenvalue weighted by molar-refractivity contribution is 6.31. The molecule has 1 unspecified atom stereocenters. The van der Waals surface area contributed by atoms with Gasteiger partial charge in [-0.2, -0.15) is 0 Å². The van der Waals surface area contributed by atoms with Crippen LogP contribution in [0.2, 0.25) is 5.02 Å². The Kier molecular flexibility index (Phi) is 5.38. The van der Waals surface area contributed by atoms with Gasteiger partial charge in [0.1, 0.15) is 12.4 Å². The zero-order chi connectivity index (χ0) is 16.9. The van der Waals surface area contributed by atoms with Crippen LogP contribution < -0.4 is 15.8 Å². The van der Waals surface area contributed by atoms with Crippen molar-refractivity contribution in [2.24, 2.45) is 11.7 Å². The van der Waals surface area contributed by atoms with E-state index in [1.165, 1.54) is 0 Å². The van der Waals surface area contributed by atoms with Crippen LogP contribution in [0.4, 0.5) is 0 Å². The van der Waals surface area contributed by atoms with E-state index in [1.54, 1.807) is 12.1 Å². The molecular weight excluding hydrogens is 324 g/mol. The first-order chi connectivity index (χ1) is 11.7. The maximum Gasteiger partial charge on any atom is 0.255 e. The summed E-state index contributed by atoms with van der Waals surface area (Å²) in [6, 6.07) is 14.8. The van der Waals surface area contributed by atoms with Crippen LogP contribution >= 0.6 is 11.6 Å². The van der Waals surface area contributed by atoms with Gasteiger partial charge in [0.15, 0.2) is 0 Å². The van der Waals surface area contributed by atoms with E-state index in [-0.39, 0.29) is 11.9 Å². The Morgan fingerprint density at radius 3 is 2.62 bits per heavy atom. The molecule has 0 aliphatic heterocycles. The van der Waals surface area contributed by atoms with Crippen molar-refractivity contribution in [3.05, 3.63) is 64.7 Å². The first-order valence-corrected chi connectivity index (χ1v) is 8.53. The van der Waals surface area contributed by atoms with Crippen molar-refractivity contribution in [2.45, 2.75) is 25.5 Å². The highest BCUT2D eigenvalue weighted by Gasteiger charge is 2.31. The van der Waals surface area contributed by atoms with Crippen LogP contribution in [-0.2, 0) is 6.61 Å². The van der Waals surface area contributed by atoms with Crippen LogP contribution in [0.25, 0.3) is 0 Å². The van der Waals surface area contributed by atoms with Gasteiger partial charge < -0.3 is 15.8 Å². The molecule has 0 spiro atoms. The molecule has 1 saturated carbocycles. The van der Waals surface area contributed by atoms with Crippen LogP contribution in [0, 0.1) is 5.92 Å². The van der Waals surface area contributed by atoms with E-state index < -0.39 is 0 Å². The highest BCUT2D eigenvalue weighted by Crippen LogP contribution is 2.32. The Hall–Kier alpha value is -2.04. The molecule has 3 N–H and O–H groups in total. The molecule has 1 atom stereocenters. The van der Waals surface area contributed by atoms with Crippen molar-refractivity contribution in [1.82, 2.24) is 5.32 Å². The number of hydrogen-bond acceptors (Lipinski definition) is 3. The molecular formula is C19H21ClN2O2. The molecule has 0 radical (unpaired) electrons. The fraction of sp³-hybridized carbons (Fsp3) is 0.316. The highest BCUT2D eigenvalue weighted by atomic mass is 35.5. The number of ether oxygens (including phenoxy) is 1. The quantitative estimate of drug-likeness (QED) is 0.809. The standard InChI is InChI=1S/C19H21ClN2O2/c20-16-7-3-1-5-14(16)12-24-18-8-4-2-6-15(18)19(23)22-17(11-21)13-9-10-13/h1-8,13,17H,9-12,21H2,(H,22,23). The summed E-state index contributed by atoms with van der Waals surface area (Å²) in [6.07, 6.45) is 2.26. The number of amides is 1. The molecule has 24 heavy (non-hydrogen) atoms. The Bertz CT molecular complexity index is 716. The van der Waals surface area contributed by atoms with E-state index in [2.05, 4.69) is 5.32 Å². The SMILES string of the molecule is NCC(NC(=O)c1ccccc1OCc1ccccc1Cl)C1CC1. The molecule has 126 valence electrons. The lowest BCUT2D eigenvalue weighted by atomic mass is 10.1. The minimum atomic E-state index is -0.146. The van der Waals surface area contributed by atoms with Crippen molar-refractivity contribution in [1.29, 1.82) is 0 Å². The third-order valence-electron chi connectivity index (χ3n) is 4.23. The van der Waals surface area contributed by atoms with Gasteiger partial charge in [0, 0.05) is 23.2 Å². The Morgan fingerprint density at radius 2 is 1.92 bits per heavy atom. The molecule has 3 rings (SSSR count). The van der Waals surface area contributed by atoms with Gasteiger partial charge in [-0.15, -0.1) is 0 Å². The Labute approximate surface area is 147 Å². The lowest BCUT2D eigenvalue weighted by Gasteiger charge is -2.17. The number of carbonyl (C=O) groups is 1. The number of nitrogens with two attached hydrogens (primary N) is 1. The van der Waals surface area contributed by atoms with Crippen LogP contribution in [0.5, 0.6) is 5.75 Å². The second-order valence-corrected chi connectivity index (χ2v) is 6.44. The molecule has 1 amide bonds. The van der Waals surface area contributed by atoms with Crippen LogP contribution in [0.15, 0.2) is 48.5 Å². The predicted octanol–water partition coefficient (Wildman–Crippen LogP) is 3.39. The number of halogens is 1. The van der Waals surface area contributed by atoms with Gasteiger partial charge in [-0.05, 0) is 37.0 Å². The summed E-state index contributed by atoms with van der Waals surface area (Å²) >= 11 is 6.15. The van der Waals surface area contributed by atoms with Gasteiger partial charge in [0.2, 0.25) is 0 Å². The smallest absolute Gasteiger partial charge is 0.255 e. The molecule has 2 aromatic carbocycles. The van der Waals surface area contributed by atoms with Gasteiger partial charge in [0.25, 0.3) is 5.91 Å². The number of rotatable bonds is 7. The maximum atomic E-state index is 12.6. The minimum Gasteiger partial charge on any atom is -0.488 e. The summed E-state index contributed by atoms with van der Waals surface area (Å²) in [7, 11) is 0. The lowest BCUT2D eigenvalue weighted by Crippen LogP contribution is -2.41. The first-order valence-electron chi connectivity index (χ1n) is 8.15. The molecule has 0 heterocycles. The molecule has 5 heteroatoms. The molecule has 4 nitrogen and oxygen atoms in total. The summed E-state index contributed by atoms with van der Waals surface area (Å²) < 4.78 is 5.84. The maximum absolute atomic E-state index is 12.6. The minimum absolute atomic E-state index is 0.0362.